The Morgan fingerprint density at radius 3 is 2.54 bits per heavy atom. The molecule has 0 spiro atoms. The first kappa shape index (κ1) is 18.2. The van der Waals surface area contributed by atoms with Gasteiger partial charge in [-0.05, 0) is 32.0 Å². The second-order valence-corrected chi connectivity index (χ2v) is 7.30. The highest BCUT2D eigenvalue weighted by molar-refractivity contribution is 6.10. The van der Waals surface area contributed by atoms with Crippen LogP contribution in [0.25, 0.3) is 21.9 Å². The van der Waals surface area contributed by atoms with E-state index in [1.165, 1.54) is 5.52 Å². The van der Waals surface area contributed by atoms with Crippen LogP contribution in [0, 0.1) is 0 Å². The van der Waals surface area contributed by atoms with Crippen LogP contribution in [0.15, 0.2) is 54.6 Å². The van der Waals surface area contributed by atoms with E-state index >= 15 is 0 Å². The Bertz CT molecular complexity index is 1170. The van der Waals surface area contributed by atoms with Crippen molar-refractivity contribution in [1.29, 1.82) is 0 Å². The molecule has 28 heavy (non-hydrogen) atoms. The SMILES string of the molecule is COc1ccccc1CNC(=O)c1cc2c(c3ccccc3n2C(C)C)n1C. The third-order valence-electron chi connectivity index (χ3n) is 5.27. The number of rotatable bonds is 5. The lowest BCUT2D eigenvalue weighted by Crippen LogP contribution is -2.25. The fourth-order valence-corrected chi connectivity index (χ4v) is 3.99. The van der Waals surface area contributed by atoms with Gasteiger partial charge in [0.2, 0.25) is 0 Å². The molecule has 4 rings (SSSR count). The number of nitrogens with one attached hydrogen (secondary N) is 1. The number of amides is 1. The minimum atomic E-state index is -0.0935. The standard InChI is InChI=1S/C23H25N3O2/c1-15(2)26-18-11-7-6-10-17(18)22-19(26)13-20(25(22)3)23(27)24-14-16-9-5-8-12-21(16)28-4/h5-13,15H,14H2,1-4H3,(H,24,27). The average molecular weight is 375 g/mol. The summed E-state index contributed by atoms with van der Waals surface area (Å²) in [6.45, 7) is 4.75. The first-order valence-corrected chi connectivity index (χ1v) is 9.51. The molecule has 5 heteroatoms. The highest BCUT2D eigenvalue weighted by atomic mass is 16.5. The molecular weight excluding hydrogens is 350 g/mol. The van der Waals surface area contributed by atoms with Crippen molar-refractivity contribution in [2.24, 2.45) is 7.05 Å². The predicted octanol–water partition coefficient (Wildman–Crippen LogP) is 4.65. The first-order valence-electron chi connectivity index (χ1n) is 9.51. The maximum Gasteiger partial charge on any atom is 0.268 e. The second kappa shape index (κ2) is 7.08. The van der Waals surface area contributed by atoms with Crippen LogP contribution in [0.3, 0.4) is 0 Å². The number of nitrogens with zero attached hydrogens (tertiary/aromatic N) is 2. The number of aromatic nitrogens is 2. The Labute approximate surface area is 164 Å². The highest BCUT2D eigenvalue weighted by Gasteiger charge is 2.21. The van der Waals surface area contributed by atoms with Crippen LogP contribution in [-0.2, 0) is 13.6 Å². The largest absolute Gasteiger partial charge is 0.496 e. The smallest absolute Gasteiger partial charge is 0.268 e. The molecule has 0 fully saturated rings. The van der Waals surface area contributed by atoms with Crippen molar-refractivity contribution < 1.29 is 9.53 Å². The molecule has 0 saturated carbocycles. The Kier molecular flexibility index (Phi) is 4.59. The van der Waals surface area contributed by atoms with E-state index in [0.29, 0.717) is 18.3 Å². The summed E-state index contributed by atoms with van der Waals surface area (Å²) in [5.74, 6) is 0.682. The average Bonchev–Trinajstić information content (AvgIpc) is 3.20. The number of para-hydroxylation sites is 2. The number of hydrogen-bond donors (Lipinski definition) is 1. The topological polar surface area (TPSA) is 48.2 Å². The lowest BCUT2D eigenvalue weighted by atomic mass is 10.2. The molecule has 0 saturated heterocycles. The zero-order chi connectivity index (χ0) is 19.8. The fourth-order valence-electron chi connectivity index (χ4n) is 3.99. The Morgan fingerprint density at radius 1 is 1.07 bits per heavy atom. The van der Waals surface area contributed by atoms with Crippen LogP contribution < -0.4 is 10.1 Å². The molecule has 2 aromatic heterocycles. The van der Waals surface area contributed by atoms with Crippen molar-refractivity contribution in [2.75, 3.05) is 7.11 Å². The number of carbonyl (C=O) groups excluding carboxylic acids is 1. The third kappa shape index (κ3) is 2.83. The number of methoxy groups -OCH3 is 1. The van der Waals surface area contributed by atoms with E-state index in [0.717, 1.165) is 27.7 Å². The van der Waals surface area contributed by atoms with Gasteiger partial charge < -0.3 is 19.2 Å². The summed E-state index contributed by atoms with van der Waals surface area (Å²) < 4.78 is 9.66. The summed E-state index contributed by atoms with van der Waals surface area (Å²) in [6, 6.07) is 18.4. The van der Waals surface area contributed by atoms with E-state index in [2.05, 4.69) is 41.9 Å². The van der Waals surface area contributed by atoms with Crippen molar-refractivity contribution in [3.63, 3.8) is 0 Å². The second-order valence-electron chi connectivity index (χ2n) is 7.30. The molecule has 0 atom stereocenters. The maximum absolute atomic E-state index is 12.9. The molecule has 0 bridgehead atoms. The van der Waals surface area contributed by atoms with Crippen LogP contribution >= 0.6 is 0 Å². The quantitative estimate of drug-likeness (QED) is 0.552. The van der Waals surface area contributed by atoms with Gasteiger partial charge in [0.15, 0.2) is 0 Å². The van der Waals surface area contributed by atoms with Crippen molar-refractivity contribution in [3.05, 3.63) is 65.9 Å². The molecule has 144 valence electrons. The number of ether oxygens (including phenoxy) is 1. The highest BCUT2D eigenvalue weighted by Crippen LogP contribution is 2.33. The van der Waals surface area contributed by atoms with Crippen LogP contribution in [-0.4, -0.2) is 22.2 Å². The molecule has 5 nitrogen and oxygen atoms in total. The predicted molar refractivity (Wildman–Crippen MR) is 113 cm³/mol. The molecule has 0 aliphatic carbocycles. The van der Waals surface area contributed by atoms with Gasteiger partial charge in [0.05, 0.1) is 23.7 Å². The van der Waals surface area contributed by atoms with Crippen LogP contribution in [0.5, 0.6) is 5.75 Å². The van der Waals surface area contributed by atoms with E-state index in [1.807, 2.05) is 48.0 Å². The molecule has 0 aliphatic heterocycles. The molecule has 4 aromatic rings. The maximum atomic E-state index is 12.9. The molecular formula is C23H25N3O2. The first-order chi connectivity index (χ1) is 13.5. The molecule has 0 radical (unpaired) electrons. The molecule has 1 amide bonds. The summed E-state index contributed by atoms with van der Waals surface area (Å²) in [5, 5.41) is 4.19. The molecule has 1 N–H and O–H groups in total. The van der Waals surface area contributed by atoms with Gasteiger partial charge >= 0.3 is 0 Å². The Hall–Kier alpha value is -3.21. The number of carbonyl (C=O) groups is 1. The summed E-state index contributed by atoms with van der Waals surface area (Å²) in [4.78, 5) is 12.9. The van der Waals surface area contributed by atoms with Crippen LogP contribution in [0.1, 0.15) is 35.9 Å². The van der Waals surface area contributed by atoms with Gasteiger partial charge in [-0.15, -0.1) is 0 Å². The zero-order valence-corrected chi connectivity index (χ0v) is 16.7. The summed E-state index contributed by atoms with van der Waals surface area (Å²) in [7, 11) is 3.60. The van der Waals surface area contributed by atoms with Gasteiger partial charge in [-0.2, -0.15) is 0 Å². The Morgan fingerprint density at radius 2 is 1.79 bits per heavy atom. The van der Waals surface area contributed by atoms with Crippen molar-refractivity contribution in [1.82, 2.24) is 14.5 Å². The van der Waals surface area contributed by atoms with Gasteiger partial charge in [0.1, 0.15) is 11.4 Å². The summed E-state index contributed by atoms with van der Waals surface area (Å²) >= 11 is 0. The van der Waals surface area contributed by atoms with Gasteiger partial charge in [-0.25, -0.2) is 0 Å². The van der Waals surface area contributed by atoms with E-state index in [4.69, 9.17) is 4.74 Å². The lowest BCUT2D eigenvalue weighted by Gasteiger charge is -2.11. The van der Waals surface area contributed by atoms with Crippen LogP contribution in [0.2, 0.25) is 0 Å². The van der Waals surface area contributed by atoms with Gasteiger partial charge in [0.25, 0.3) is 5.91 Å². The monoisotopic (exact) mass is 375 g/mol. The van der Waals surface area contributed by atoms with Gasteiger partial charge in [-0.3, -0.25) is 4.79 Å². The molecule has 2 heterocycles. The van der Waals surface area contributed by atoms with E-state index < -0.39 is 0 Å². The normalized spacial score (nSPS) is 11.5. The number of hydrogen-bond acceptors (Lipinski definition) is 2. The minimum absolute atomic E-state index is 0.0935. The third-order valence-corrected chi connectivity index (χ3v) is 5.27. The fraction of sp³-hybridized carbons (Fsp3) is 0.261. The molecule has 2 aromatic carbocycles. The summed E-state index contributed by atoms with van der Waals surface area (Å²) in [6.07, 6.45) is 0. The van der Waals surface area contributed by atoms with Gasteiger partial charge in [0, 0.05) is 30.6 Å². The summed E-state index contributed by atoms with van der Waals surface area (Å²) in [5.41, 5.74) is 4.97. The molecule has 0 aliphatic rings. The van der Waals surface area contributed by atoms with E-state index in [1.54, 1.807) is 7.11 Å². The van der Waals surface area contributed by atoms with Gasteiger partial charge in [-0.1, -0.05) is 36.4 Å². The number of benzene rings is 2. The Balaban J connectivity index is 1.72. The van der Waals surface area contributed by atoms with Crippen molar-refractivity contribution in [2.45, 2.75) is 26.4 Å². The van der Waals surface area contributed by atoms with Crippen LogP contribution in [0.4, 0.5) is 0 Å². The zero-order valence-electron chi connectivity index (χ0n) is 16.7. The number of fused-ring (bicyclic) bond motifs is 3. The van der Waals surface area contributed by atoms with E-state index in [9.17, 15) is 4.79 Å². The lowest BCUT2D eigenvalue weighted by molar-refractivity contribution is 0.0943. The van der Waals surface area contributed by atoms with Crippen molar-refractivity contribution >= 4 is 27.8 Å². The van der Waals surface area contributed by atoms with Crippen molar-refractivity contribution in [3.8, 4) is 5.75 Å². The molecule has 0 unspecified atom stereocenters. The number of aryl methyl sites for hydroxylation is 1. The minimum Gasteiger partial charge on any atom is -0.496 e. The van der Waals surface area contributed by atoms with E-state index in [-0.39, 0.29) is 5.91 Å².